The molecule has 142 valence electrons. The molecule has 2 aromatic rings. The minimum atomic E-state index is -1.15. The summed E-state index contributed by atoms with van der Waals surface area (Å²) in [5.41, 5.74) is 1.99. The van der Waals surface area contributed by atoms with Crippen molar-refractivity contribution in [2.45, 2.75) is 12.8 Å². The van der Waals surface area contributed by atoms with Gasteiger partial charge in [-0.15, -0.1) is 0 Å². The van der Waals surface area contributed by atoms with Crippen molar-refractivity contribution < 1.29 is 24.5 Å². The van der Waals surface area contributed by atoms with E-state index in [-0.39, 0.29) is 0 Å². The number of carbonyl (C=O) groups is 2. The highest BCUT2D eigenvalue weighted by atomic mass is 16.5. The third-order valence-electron chi connectivity index (χ3n) is 3.61. The van der Waals surface area contributed by atoms with Gasteiger partial charge in [0.25, 0.3) is 0 Å². The van der Waals surface area contributed by atoms with Crippen molar-refractivity contribution in [2.75, 3.05) is 19.7 Å². The van der Waals surface area contributed by atoms with E-state index < -0.39 is 25.0 Å². The van der Waals surface area contributed by atoms with Crippen LogP contribution in [0.25, 0.3) is 0 Å². The Hall–Kier alpha value is -3.35. The minimum Gasteiger partial charge on any atom is -0.494 e. The first kappa shape index (κ1) is 20.0. The number of hydrogen-bond donors (Lipinski definition) is 2. The Morgan fingerprint density at radius 1 is 0.963 bits per heavy atom. The number of nitrogens with zero attached hydrogens (tertiary/aromatic N) is 2. The van der Waals surface area contributed by atoms with Gasteiger partial charge in [0.15, 0.2) is 0 Å². The van der Waals surface area contributed by atoms with Gasteiger partial charge in [0.1, 0.15) is 18.8 Å². The van der Waals surface area contributed by atoms with Crippen LogP contribution in [0.3, 0.4) is 0 Å². The second-order valence-corrected chi connectivity index (χ2v) is 5.86. The molecule has 0 amide bonds. The van der Waals surface area contributed by atoms with Gasteiger partial charge in [0.2, 0.25) is 0 Å². The van der Waals surface area contributed by atoms with Crippen LogP contribution in [0.5, 0.6) is 5.75 Å². The first-order valence-electron chi connectivity index (χ1n) is 8.52. The van der Waals surface area contributed by atoms with Crippen LogP contribution in [0.4, 0.5) is 0 Å². The average Bonchev–Trinajstić information content (AvgIpc) is 2.64. The molecule has 0 atom stereocenters. The van der Waals surface area contributed by atoms with Crippen molar-refractivity contribution in [2.24, 2.45) is 5.10 Å². The predicted molar refractivity (Wildman–Crippen MR) is 101 cm³/mol. The summed E-state index contributed by atoms with van der Waals surface area (Å²) in [6.45, 7) is -0.357. The van der Waals surface area contributed by atoms with Crippen LogP contribution < -0.4 is 4.74 Å². The molecule has 2 N–H and O–H groups in total. The summed E-state index contributed by atoms with van der Waals surface area (Å²) in [6.07, 6.45) is 3.28. The van der Waals surface area contributed by atoms with E-state index in [1.807, 2.05) is 18.2 Å². The maximum Gasteiger partial charge on any atom is 0.324 e. The van der Waals surface area contributed by atoms with Crippen LogP contribution in [0.1, 0.15) is 17.5 Å². The lowest BCUT2D eigenvalue weighted by Gasteiger charge is -2.13. The number of benzene rings is 2. The van der Waals surface area contributed by atoms with Crippen LogP contribution in [0.2, 0.25) is 0 Å². The molecule has 0 saturated carbocycles. The van der Waals surface area contributed by atoms with E-state index in [2.05, 4.69) is 17.2 Å². The lowest BCUT2D eigenvalue weighted by Crippen LogP contribution is -2.30. The molecule has 0 unspecified atom stereocenters. The van der Waals surface area contributed by atoms with Crippen molar-refractivity contribution in [1.29, 1.82) is 0 Å². The Morgan fingerprint density at radius 3 is 2.19 bits per heavy atom. The summed E-state index contributed by atoms with van der Waals surface area (Å²) < 4.78 is 5.70. The van der Waals surface area contributed by atoms with Gasteiger partial charge in [0, 0.05) is 0 Å². The molecule has 7 heteroatoms. The number of rotatable bonds is 11. The van der Waals surface area contributed by atoms with Crippen LogP contribution in [-0.4, -0.2) is 53.1 Å². The standard InChI is InChI=1S/C20H22N2O5/c23-19(24)14-22(15-20(25)26)21-13-17-8-10-18(11-9-17)27-12-4-7-16-5-2-1-3-6-16/h1-3,5-6,8-11,13H,4,7,12,14-15H2,(H,23,24)(H,25,26)/b21-13-. The maximum atomic E-state index is 10.7. The van der Waals surface area contributed by atoms with E-state index >= 15 is 0 Å². The lowest BCUT2D eigenvalue weighted by atomic mass is 10.1. The fraction of sp³-hybridized carbons (Fsp3) is 0.250. The summed E-state index contributed by atoms with van der Waals surface area (Å²) in [6, 6.07) is 17.3. The number of aryl methyl sites for hydroxylation is 1. The normalized spacial score (nSPS) is 10.7. The molecule has 0 aromatic heterocycles. The Labute approximate surface area is 157 Å². The highest BCUT2D eigenvalue weighted by molar-refractivity contribution is 5.80. The van der Waals surface area contributed by atoms with E-state index in [0.717, 1.165) is 23.6 Å². The summed E-state index contributed by atoms with van der Waals surface area (Å²) in [5, 5.41) is 22.5. The fourth-order valence-electron chi connectivity index (χ4n) is 2.36. The second-order valence-electron chi connectivity index (χ2n) is 5.86. The first-order valence-corrected chi connectivity index (χ1v) is 8.52. The van der Waals surface area contributed by atoms with Gasteiger partial charge in [-0.05, 0) is 48.2 Å². The lowest BCUT2D eigenvalue weighted by molar-refractivity contribution is -0.141. The molecule has 0 spiro atoms. The van der Waals surface area contributed by atoms with Gasteiger partial charge in [-0.1, -0.05) is 30.3 Å². The molecule has 0 fully saturated rings. The molecule has 27 heavy (non-hydrogen) atoms. The average molecular weight is 370 g/mol. The van der Waals surface area contributed by atoms with Crippen LogP contribution >= 0.6 is 0 Å². The molecule has 0 saturated heterocycles. The Kier molecular flexibility index (Phi) is 7.84. The van der Waals surface area contributed by atoms with E-state index in [0.29, 0.717) is 12.2 Å². The Balaban J connectivity index is 1.81. The number of carboxylic acids is 2. The zero-order valence-electron chi connectivity index (χ0n) is 14.8. The molecule has 2 rings (SSSR count). The van der Waals surface area contributed by atoms with Crippen LogP contribution in [0, 0.1) is 0 Å². The second kappa shape index (κ2) is 10.6. The molecular formula is C20H22N2O5. The molecule has 0 aliphatic carbocycles. The van der Waals surface area contributed by atoms with Gasteiger partial charge in [-0.2, -0.15) is 5.10 Å². The van der Waals surface area contributed by atoms with Gasteiger partial charge in [-0.3, -0.25) is 14.6 Å². The van der Waals surface area contributed by atoms with Crippen LogP contribution in [0.15, 0.2) is 59.7 Å². The molecule has 0 aliphatic rings. The Morgan fingerprint density at radius 2 is 1.59 bits per heavy atom. The van der Waals surface area contributed by atoms with Gasteiger partial charge in [-0.25, -0.2) is 0 Å². The topological polar surface area (TPSA) is 99.4 Å². The summed E-state index contributed by atoms with van der Waals surface area (Å²) in [5.74, 6) is -1.56. The smallest absolute Gasteiger partial charge is 0.324 e. The third-order valence-corrected chi connectivity index (χ3v) is 3.61. The summed E-state index contributed by atoms with van der Waals surface area (Å²) in [7, 11) is 0. The summed E-state index contributed by atoms with van der Waals surface area (Å²) >= 11 is 0. The number of aliphatic carboxylic acids is 2. The number of ether oxygens (including phenoxy) is 1. The fourth-order valence-corrected chi connectivity index (χ4v) is 2.36. The molecule has 7 nitrogen and oxygen atoms in total. The largest absolute Gasteiger partial charge is 0.494 e. The van der Waals surface area contributed by atoms with Crippen molar-refractivity contribution >= 4 is 18.2 Å². The zero-order valence-corrected chi connectivity index (χ0v) is 14.8. The third kappa shape index (κ3) is 8.04. The summed E-state index contributed by atoms with van der Waals surface area (Å²) in [4.78, 5) is 21.5. The highest BCUT2D eigenvalue weighted by Gasteiger charge is 2.10. The van der Waals surface area contributed by atoms with Crippen molar-refractivity contribution in [1.82, 2.24) is 5.01 Å². The van der Waals surface area contributed by atoms with Crippen molar-refractivity contribution in [3.8, 4) is 5.75 Å². The van der Waals surface area contributed by atoms with E-state index in [1.165, 1.54) is 11.8 Å². The molecule has 0 bridgehead atoms. The quantitative estimate of drug-likeness (QED) is 0.358. The van der Waals surface area contributed by atoms with E-state index in [1.54, 1.807) is 24.3 Å². The van der Waals surface area contributed by atoms with E-state index in [9.17, 15) is 9.59 Å². The first-order chi connectivity index (χ1) is 13.0. The SMILES string of the molecule is O=C(O)CN(CC(=O)O)/N=C\c1ccc(OCCCc2ccccc2)cc1. The number of carboxylic acid groups (broad SMARTS) is 2. The van der Waals surface area contributed by atoms with Gasteiger partial charge >= 0.3 is 11.9 Å². The van der Waals surface area contributed by atoms with Gasteiger partial charge in [0.05, 0.1) is 12.8 Å². The predicted octanol–water partition coefficient (Wildman–Crippen LogP) is 2.50. The molecule has 0 radical (unpaired) electrons. The van der Waals surface area contributed by atoms with Gasteiger partial charge < -0.3 is 14.9 Å². The van der Waals surface area contributed by atoms with Crippen LogP contribution in [-0.2, 0) is 16.0 Å². The highest BCUT2D eigenvalue weighted by Crippen LogP contribution is 2.12. The Bertz CT molecular complexity index is 744. The zero-order chi connectivity index (χ0) is 19.5. The number of hydrazone groups is 1. The molecule has 0 aliphatic heterocycles. The molecule has 0 heterocycles. The molecular weight excluding hydrogens is 348 g/mol. The maximum absolute atomic E-state index is 10.7. The number of hydrogen-bond acceptors (Lipinski definition) is 5. The van der Waals surface area contributed by atoms with Crippen molar-refractivity contribution in [3.63, 3.8) is 0 Å². The van der Waals surface area contributed by atoms with Crippen molar-refractivity contribution in [3.05, 3.63) is 65.7 Å². The minimum absolute atomic E-state index is 0.481. The van der Waals surface area contributed by atoms with E-state index in [4.69, 9.17) is 14.9 Å². The monoisotopic (exact) mass is 370 g/mol. The molecule has 2 aromatic carbocycles.